The van der Waals surface area contributed by atoms with Crippen LogP contribution in [-0.2, 0) is 11.2 Å². The van der Waals surface area contributed by atoms with Crippen molar-refractivity contribution in [2.24, 2.45) is 11.8 Å². The van der Waals surface area contributed by atoms with Gasteiger partial charge in [0.25, 0.3) is 0 Å². The van der Waals surface area contributed by atoms with Crippen molar-refractivity contribution in [2.45, 2.75) is 39.2 Å². The smallest absolute Gasteiger partial charge is 0.306 e. The fraction of sp³-hybridized carbons (Fsp3) is 0.727. The first-order valence-electron chi connectivity index (χ1n) is 5.70. The summed E-state index contributed by atoms with van der Waals surface area (Å²) in [5.41, 5.74) is 0. The van der Waals surface area contributed by atoms with Gasteiger partial charge in [0.05, 0.1) is 5.92 Å². The Balaban J connectivity index is 2.04. The molecule has 1 N–H and O–H groups in total. The molecule has 5 heteroatoms. The van der Waals surface area contributed by atoms with Crippen LogP contribution in [0.4, 0.5) is 0 Å². The van der Waals surface area contributed by atoms with Gasteiger partial charge in [0.1, 0.15) is 12.2 Å². The molecule has 88 valence electrons. The SMILES string of the molecule is CC(C)n1ncnc1CC1CCC1C(=O)O. The van der Waals surface area contributed by atoms with Gasteiger partial charge >= 0.3 is 5.97 Å². The molecule has 1 fully saturated rings. The fourth-order valence-corrected chi connectivity index (χ4v) is 2.22. The zero-order valence-electron chi connectivity index (χ0n) is 9.63. The molecule has 5 nitrogen and oxygen atoms in total. The van der Waals surface area contributed by atoms with Crippen molar-refractivity contribution < 1.29 is 9.90 Å². The van der Waals surface area contributed by atoms with Crippen LogP contribution in [0.5, 0.6) is 0 Å². The van der Waals surface area contributed by atoms with Crippen molar-refractivity contribution in [2.75, 3.05) is 0 Å². The van der Waals surface area contributed by atoms with E-state index in [9.17, 15) is 4.79 Å². The maximum Gasteiger partial charge on any atom is 0.306 e. The molecule has 1 heterocycles. The molecule has 1 aromatic heterocycles. The van der Waals surface area contributed by atoms with E-state index in [4.69, 9.17) is 5.11 Å². The van der Waals surface area contributed by atoms with E-state index >= 15 is 0 Å². The molecule has 0 bridgehead atoms. The summed E-state index contributed by atoms with van der Waals surface area (Å²) in [6, 6.07) is 0.279. The number of carbonyl (C=O) groups is 1. The lowest BCUT2D eigenvalue weighted by atomic mass is 9.72. The summed E-state index contributed by atoms with van der Waals surface area (Å²) in [6.07, 6.45) is 4.07. The minimum absolute atomic E-state index is 0.183. The van der Waals surface area contributed by atoms with Gasteiger partial charge in [-0.3, -0.25) is 4.79 Å². The van der Waals surface area contributed by atoms with Crippen LogP contribution in [0, 0.1) is 11.8 Å². The van der Waals surface area contributed by atoms with Gasteiger partial charge in [-0.05, 0) is 32.6 Å². The topological polar surface area (TPSA) is 68.0 Å². The minimum Gasteiger partial charge on any atom is -0.481 e. The third-order valence-electron chi connectivity index (χ3n) is 3.32. The van der Waals surface area contributed by atoms with Gasteiger partial charge in [-0.2, -0.15) is 5.10 Å². The standard InChI is InChI=1S/C11H17N3O2/c1-7(2)14-10(12-6-13-14)5-8-3-4-9(8)11(15)16/h6-9H,3-5H2,1-2H3,(H,15,16). The number of aliphatic carboxylic acids is 1. The lowest BCUT2D eigenvalue weighted by molar-refractivity contribution is -0.147. The Hall–Kier alpha value is -1.39. The molecule has 1 aliphatic carbocycles. The van der Waals surface area contributed by atoms with Gasteiger partial charge in [0, 0.05) is 12.5 Å². The quantitative estimate of drug-likeness (QED) is 0.840. The zero-order chi connectivity index (χ0) is 11.7. The van der Waals surface area contributed by atoms with Crippen molar-refractivity contribution in [3.63, 3.8) is 0 Å². The van der Waals surface area contributed by atoms with E-state index in [-0.39, 0.29) is 17.9 Å². The molecule has 2 rings (SSSR count). The van der Waals surface area contributed by atoms with E-state index in [1.165, 1.54) is 0 Å². The second-order valence-electron chi connectivity index (χ2n) is 4.70. The van der Waals surface area contributed by atoms with Gasteiger partial charge in [-0.1, -0.05) is 0 Å². The summed E-state index contributed by atoms with van der Waals surface area (Å²) in [5, 5.41) is 13.1. The van der Waals surface area contributed by atoms with Crippen LogP contribution in [0.1, 0.15) is 38.6 Å². The lowest BCUT2D eigenvalue weighted by Gasteiger charge is -2.33. The van der Waals surface area contributed by atoms with E-state index in [0.29, 0.717) is 0 Å². The largest absolute Gasteiger partial charge is 0.481 e. The van der Waals surface area contributed by atoms with Crippen LogP contribution in [0.3, 0.4) is 0 Å². The first-order valence-corrected chi connectivity index (χ1v) is 5.70. The van der Waals surface area contributed by atoms with E-state index in [0.717, 1.165) is 25.1 Å². The van der Waals surface area contributed by atoms with Crippen LogP contribution in [0.15, 0.2) is 6.33 Å². The molecule has 2 unspecified atom stereocenters. The molecule has 0 radical (unpaired) electrons. The molecule has 2 atom stereocenters. The highest BCUT2D eigenvalue weighted by Gasteiger charge is 2.37. The minimum atomic E-state index is -0.674. The summed E-state index contributed by atoms with van der Waals surface area (Å²) >= 11 is 0. The highest BCUT2D eigenvalue weighted by atomic mass is 16.4. The molecule has 0 amide bonds. The number of carboxylic acid groups (broad SMARTS) is 1. The van der Waals surface area contributed by atoms with Gasteiger partial charge in [0.2, 0.25) is 0 Å². The van der Waals surface area contributed by atoms with Gasteiger partial charge in [-0.25, -0.2) is 9.67 Å². The molecule has 0 saturated heterocycles. The van der Waals surface area contributed by atoms with Crippen molar-refractivity contribution in [1.82, 2.24) is 14.8 Å². The Morgan fingerprint density at radius 1 is 1.62 bits per heavy atom. The number of rotatable bonds is 4. The Morgan fingerprint density at radius 3 is 2.88 bits per heavy atom. The predicted molar refractivity (Wildman–Crippen MR) is 58.0 cm³/mol. The lowest BCUT2D eigenvalue weighted by Crippen LogP contribution is -2.34. The molecule has 0 spiro atoms. The average molecular weight is 223 g/mol. The molecule has 0 aliphatic heterocycles. The second-order valence-corrected chi connectivity index (χ2v) is 4.70. The van der Waals surface area contributed by atoms with Gasteiger partial charge in [0.15, 0.2) is 0 Å². The molecule has 16 heavy (non-hydrogen) atoms. The Bertz CT molecular complexity index is 386. The van der Waals surface area contributed by atoms with Crippen LogP contribution in [0.25, 0.3) is 0 Å². The van der Waals surface area contributed by atoms with E-state index in [2.05, 4.69) is 10.1 Å². The predicted octanol–water partition coefficient (Wildman–Crippen LogP) is 1.51. The summed E-state index contributed by atoms with van der Waals surface area (Å²) in [5.74, 6) is 0.286. The Labute approximate surface area is 94.5 Å². The highest BCUT2D eigenvalue weighted by molar-refractivity contribution is 5.71. The van der Waals surface area contributed by atoms with Crippen molar-refractivity contribution in [3.05, 3.63) is 12.2 Å². The second kappa shape index (κ2) is 4.23. The summed E-state index contributed by atoms with van der Waals surface area (Å²) < 4.78 is 1.87. The van der Waals surface area contributed by atoms with Crippen LogP contribution < -0.4 is 0 Å². The first kappa shape index (κ1) is 11.1. The monoisotopic (exact) mass is 223 g/mol. The van der Waals surface area contributed by atoms with Crippen LogP contribution in [-0.4, -0.2) is 25.8 Å². The molecule has 1 aromatic rings. The Morgan fingerprint density at radius 2 is 2.38 bits per heavy atom. The molecular formula is C11H17N3O2. The average Bonchev–Trinajstić information content (AvgIpc) is 2.58. The summed E-state index contributed by atoms with van der Waals surface area (Å²) in [6.45, 7) is 4.10. The summed E-state index contributed by atoms with van der Waals surface area (Å²) in [4.78, 5) is 15.1. The van der Waals surface area contributed by atoms with E-state index in [1.807, 2.05) is 18.5 Å². The number of hydrogen-bond acceptors (Lipinski definition) is 3. The Kier molecular flexibility index (Phi) is 2.94. The van der Waals surface area contributed by atoms with Crippen molar-refractivity contribution in [3.8, 4) is 0 Å². The van der Waals surface area contributed by atoms with Crippen molar-refractivity contribution in [1.29, 1.82) is 0 Å². The highest BCUT2D eigenvalue weighted by Crippen LogP contribution is 2.36. The van der Waals surface area contributed by atoms with E-state index < -0.39 is 5.97 Å². The van der Waals surface area contributed by atoms with Crippen LogP contribution >= 0.6 is 0 Å². The van der Waals surface area contributed by atoms with Crippen LogP contribution in [0.2, 0.25) is 0 Å². The number of hydrogen-bond donors (Lipinski definition) is 1. The summed E-state index contributed by atoms with van der Waals surface area (Å²) in [7, 11) is 0. The fourth-order valence-electron chi connectivity index (χ4n) is 2.22. The number of nitrogens with zero attached hydrogens (tertiary/aromatic N) is 3. The van der Waals surface area contributed by atoms with Gasteiger partial charge < -0.3 is 5.11 Å². The molecule has 1 saturated carbocycles. The number of aromatic nitrogens is 3. The third-order valence-corrected chi connectivity index (χ3v) is 3.32. The maximum absolute atomic E-state index is 10.9. The molecular weight excluding hydrogens is 206 g/mol. The van der Waals surface area contributed by atoms with E-state index in [1.54, 1.807) is 6.33 Å². The van der Waals surface area contributed by atoms with Gasteiger partial charge in [-0.15, -0.1) is 0 Å². The zero-order valence-corrected chi connectivity index (χ0v) is 9.63. The van der Waals surface area contributed by atoms with Crippen molar-refractivity contribution >= 4 is 5.97 Å². The molecule has 1 aliphatic rings. The maximum atomic E-state index is 10.9. The number of carboxylic acids is 1. The third kappa shape index (κ3) is 1.94. The normalized spacial score (nSPS) is 24.4. The molecule has 0 aromatic carbocycles. The first-order chi connectivity index (χ1) is 7.59.